The molecule has 1 aliphatic rings. The number of carbonyl (C=O) groups is 2. The van der Waals surface area contributed by atoms with Crippen LogP contribution in [0.4, 0.5) is 5.69 Å². The van der Waals surface area contributed by atoms with Crippen molar-refractivity contribution in [1.82, 2.24) is 0 Å². The number of ether oxygens (including phenoxy) is 1. The fraction of sp³-hybridized carbons (Fsp3) is 0.0833. The highest BCUT2D eigenvalue weighted by Crippen LogP contribution is 2.43. The van der Waals surface area contributed by atoms with Crippen LogP contribution in [-0.4, -0.2) is 29.0 Å². The lowest BCUT2D eigenvalue weighted by atomic mass is 9.94. The predicted octanol–water partition coefficient (Wildman–Crippen LogP) is 4.68. The van der Waals surface area contributed by atoms with Crippen LogP contribution in [0.5, 0.6) is 11.5 Å². The number of carbonyl (C=O) groups excluding carboxylic acids is 2. The molecule has 7 heteroatoms. The number of aromatic hydroxyl groups is 1. The molecule has 0 radical (unpaired) electrons. The number of hydrogen-bond donors (Lipinski definition) is 2. The number of halogens is 1. The first-order valence-electron chi connectivity index (χ1n) is 9.41. The maximum Gasteiger partial charge on any atom is 0.300 e. The van der Waals surface area contributed by atoms with Gasteiger partial charge in [0.15, 0.2) is 0 Å². The van der Waals surface area contributed by atoms with Crippen molar-refractivity contribution in [3.63, 3.8) is 0 Å². The van der Waals surface area contributed by atoms with Crippen LogP contribution in [0.3, 0.4) is 0 Å². The van der Waals surface area contributed by atoms with E-state index >= 15 is 0 Å². The van der Waals surface area contributed by atoms with Crippen LogP contribution in [0.25, 0.3) is 5.76 Å². The molecule has 156 valence electrons. The SMILES string of the molecule is COc1ccc(Cl)cc1/C(O)=C1\C(=O)C(=O)N(c2ccccc2)C1c1ccc(O)cc1. The van der Waals surface area contributed by atoms with E-state index in [1.165, 1.54) is 30.2 Å². The lowest BCUT2D eigenvalue weighted by Gasteiger charge is -2.25. The summed E-state index contributed by atoms with van der Waals surface area (Å²) in [5.41, 5.74) is 1.15. The molecule has 1 unspecified atom stereocenters. The van der Waals surface area contributed by atoms with E-state index < -0.39 is 23.5 Å². The van der Waals surface area contributed by atoms with Crippen molar-refractivity contribution in [3.05, 3.63) is 94.5 Å². The number of ketones is 1. The number of methoxy groups -OCH3 is 1. The van der Waals surface area contributed by atoms with E-state index in [2.05, 4.69) is 0 Å². The number of aliphatic hydroxyl groups excluding tert-OH is 1. The number of phenols is 1. The summed E-state index contributed by atoms with van der Waals surface area (Å²) in [4.78, 5) is 27.5. The van der Waals surface area contributed by atoms with E-state index in [1.54, 1.807) is 54.6 Å². The highest BCUT2D eigenvalue weighted by molar-refractivity contribution is 6.51. The molecule has 2 N–H and O–H groups in total. The van der Waals surface area contributed by atoms with Crippen molar-refractivity contribution in [3.8, 4) is 11.5 Å². The highest BCUT2D eigenvalue weighted by atomic mass is 35.5. The Hall–Kier alpha value is -3.77. The number of hydrogen-bond acceptors (Lipinski definition) is 5. The number of Topliss-reactive ketones (excluding diaryl/α,β-unsaturated/α-hetero) is 1. The summed E-state index contributed by atoms with van der Waals surface area (Å²) in [6.07, 6.45) is 0. The summed E-state index contributed by atoms with van der Waals surface area (Å²) < 4.78 is 5.32. The number of nitrogens with zero attached hydrogens (tertiary/aromatic N) is 1. The first kappa shape index (κ1) is 20.5. The van der Waals surface area contributed by atoms with Gasteiger partial charge in [-0.25, -0.2) is 0 Å². The monoisotopic (exact) mass is 435 g/mol. The Morgan fingerprint density at radius 1 is 1.00 bits per heavy atom. The molecule has 6 nitrogen and oxygen atoms in total. The van der Waals surface area contributed by atoms with Crippen molar-refractivity contribution in [2.45, 2.75) is 6.04 Å². The number of aliphatic hydroxyl groups is 1. The van der Waals surface area contributed by atoms with Crippen LogP contribution in [-0.2, 0) is 9.59 Å². The van der Waals surface area contributed by atoms with Crippen LogP contribution >= 0.6 is 11.6 Å². The van der Waals surface area contributed by atoms with E-state index in [0.29, 0.717) is 22.0 Å². The summed E-state index contributed by atoms with van der Waals surface area (Å²) in [6, 6.07) is 18.6. The zero-order valence-electron chi connectivity index (χ0n) is 16.4. The third-order valence-corrected chi connectivity index (χ3v) is 5.34. The van der Waals surface area contributed by atoms with Gasteiger partial charge in [0.25, 0.3) is 11.7 Å². The van der Waals surface area contributed by atoms with Gasteiger partial charge >= 0.3 is 0 Å². The molecule has 0 saturated carbocycles. The van der Waals surface area contributed by atoms with Gasteiger partial charge in [0, 0.05) is 10.7 Å². The van der Waals surface area contributed by atoms with Crippen molar-refractivity contribution >= 4 is 34.7 Å². The van der Waals surface area contributed by atoms with Gasteiger partial charge in [-0.1, -0.05) is 41.9 Å². The predicted molar refractivity (Wildman–Crippen MR) is 117 cm³/mol. The molecular formula is C24H18ClNO5. The molecule has 1 fully saturated rings. The lowest BCUT2D eigenvalue weighted by molar-refractivity contribution is -0.132. The second-order valence-electron chi connectivity index (χ2n) is 6.94. The topological polar surface area (TPSA) is 87.1 Å². The van der Waals surface area contributed by atoms with Crippen LogP contribution in [0, 0.1) is 0 Å². The Balaban J connectivity index is 1.98. The van der Waals surface area contributed by atoms with Gasteiger partial charge in [0.1, 0.15) is 17.3 Å². The molecule has 1 amide bonds. The molecule has 3 aromatic carbocycles. The van der Waals surface area contributed by atoms with Crippen LogP contribution in [0.1, 0.15) is 17.2 Å². The van der Waals surface area contributed by atoms with Crippen molar-refractivity contribution < 1.29 is 24.5 Å². The van der Waals surface area contributed by atoms with Crippen molar-refractivity contribution in [2.24, 2.45) is 0 Å². The second-order valence-corrected chi connectivity index (χ2v) is 7.38. The van der Waals surface area contributed by atoms with Crippen LogP contribution < -0.4 is 9.64 Å². The van der Waals surface area contributed by atoms with E-state index in [9.17, 15) is 19.8 Å². The molecular weight excluding hydrogens is 418 g/mol. The van der Waals surface area contributed by atoms with Gasteiger partial charge in [-0.2, -0.15) is 0 Å². The standard InChI is InChI=1S/C24H18ClNO5/c1-31-19-12-9-15(25)13-18(19)22(28)20-21(14-7-10-17(27)11-8-14)26(24(30)23(20)29)16-5-3-2-4-6-16/h2-13,21,27-28H,1H3/b22-20+. The Bertz CT molecular complexity index is 1190. The summed E-state index contributed by atoms with van der Waals surface area (Å²) in [6.45, 7) is 0. The molecule has 1 atom stereocenters. The molecule has 31 heavy (non-hydrogen) atoms. The molecule has 1 aliphatic heterocycles. The molecule has 0 spiro atoms. The number of para-hydroxylation sites is 1. The lowest BCUT2D eigenvalue weighted by Crippen LogP contribution is -2.29. The largest absolute Gasteiger partial charge is 0.508 e. The van der Waals surface area contributed by atoms with E-state index in [-0.39, 0.29) is 16.9 Å². The van der Waals surface area contributed by atoms with Crippen molar-refractivity contribution in [2.75, 3.05) is 12.0 Å². The first-order chi connectivity index (χ1) is 14.9. The number of benzene rings is 3. The first-order valence-corrected chi connectivity index (χ1v) is 9.79. The van der Waals surface area contributed by atoms with Crippen LogP contribution in [0.15, 0.2) is 78.4 Å². The molecule has 0 aliphatic carbocycles. The van der Waals surface area contributed by atoms with Gasteiger partial charge in [-0.3, -0.25) is 14.5 Å². The summed E-state index contributed by atoms with van der Waals surface area (Å²) in [5.74, 6) is -1.66. The van der Waals surface area contributed by atoms with Gasteiger partial charge in [-0.05, 0) is 48.0 Å². The van der Waals surface area contributed by atoms with Crippen molar-refractivity contribution in [1.29, 1.82) is 0 Å². The summed E-state index contributed by atoms with van der Waals surface area (Å²) in [7, 11) is 1.43. The minimum absolute atomic E-state index is 0.0388. The molecule has 1 saturated heterocycles. The highest BCUT2D eigenvalue weighted by Gasteiger charge is 2.47. The van der Waals surface area contributed by atoms with Gasteiger partial charge in [0.2, 0.25) is 0 Å². The fourth-order valence-electron chi connectivity index (χ4n) is 3.67. The third-order valence-electron chi connectivity index (χ3n) is 5.10. The Kier molecular flexibility index (Phi) is 5.40. The summed E-state index contributed by atoms with van der Waals surface area (Å²) in [5, 5.41) is 21.2. The average molecular weight is 436 g/mol. The number of anilines is 1. The van der Waals surface area contributed by atoms with Gasteiger partial charge in [-0.15, -0.1) is 0 Å². The van der Waals surface area contributed by atoms with Gasteiger partial charge in [0.05, 0.1) is 24.3 Å². The molecule has 4 rings (SSSR count). The Morgan fingerprint density at radius 2 is 1.68 bits per heavy atom. The van der Waals surface area contributed by atoms with Crippen LogP contribution in [0.2, 0.25) is 5.02 Å². The normalized spacial score (nSPS) is 17.7. The maximum absolute atomic E-state index is 13.1. The molecule has 3 aromatic rings. The zero-order chi connectivity index (χ0) is 22.1. The molecule has 0 aromatic heterocycles. The smallest absolute Gasteiger partial charge is 0.300 e. The number of amides is 1. The molecule has 1 heterocycles. The second kappa shape index (κ2) is 8.16. The van der Waals surface area contributed by atoms with E-state index in [1.807, 2.05) is 0 Å². The molecule has 0 bridgehead atoms. The summed E-state index contributed by atoms with van der Waals surface area (Å²) >= 11 is 6.11. The fourth-order valence-corrected chi connectivity index (χ4v) is 3.84. The maximum atomic E-state index is 13.1. The average Bonchev–Trinajstić information content (AvgIpc) is 3.05. The minimum Gasteiger partial charge on any atom is -0.508 e. The third kappa shape index (κ3) is 3.62. The number of phenolic OH excluding ortho intramolecular Hbond substituents is 1. The minimum atomic E-state index is -0.910. The van der Waals surface area contributed by atoms with E-state index in [0.717, 1.165) is 0 Å². The Labute approximate surface area is 183 Å². The quantitative estimate of drug-likeness (QED) is 0.353. The van der Waals surface area contributed by atoms with E-state index in [4.69, 9.17) is 16.3 Å². The number of rotatable bonds is 4. The zero-order valence-corrected chi connectivity index (χ0v) is 17.2. The van der Waals surface area contributed by atoms with Gasteiger partial charge < -0.3 is 14.9 Å². The Morgan fingerprint density at radius 3 is 2.32 bits per heavy atom.